The fourth-order valence-corrected chi connectivity index (χ4v) is 2.66. The third-order valence-electron chi connectivity index (χ3n) is 2.98. The van der Waals surface area contributed by atoms with E-state index in [1.165, 1.54) is 18.9 Å². The zero-order valence-corrected chi connectivity index (χ0v) is 12.9. The smallest absolute Gasteiger partial charge is 0.341 e. The molecule has 2 heterocycles. The third kappa shape index (κ3) is 3.45. The summed E-state index contributed by atoms with van der Waals surface area (Å²) >= 11 is 1.45. The van der Waals surface area contributed by atoms with Gasteiger partial charge in [0.2, 0.25) is 0 Å². The van der Waals surface area contributed by atoms with Gasteiger partial charge in [-0.25, -0.2) is 4.79 Å². The molecule has 0 radical (unpaired) electrons. The molecule has 0 aliphatic carbocycles. The fraction of sp³-hybridized carbons (Fsp3) is 0.462. The van der Waals surface area contributed by atoms with E-state index in [4.69, 9.17) is 9.52 Å². The number of methoxy groups -OCH3 is 1. The second kappa shape index (κ2) is 6.77. The molecule has 0 spiro atoms. The maximum atomic E-state index is 11.5. The van der Waals surface area contributed by atoms with E-state index < -0.39 is 5.97 Å². The van der Waals surface area contributed by atoms with E-state index in [2.05, 4.69) is 14.9 Å². The SMILES string of the molecule is COC(=O)c1cc(CSc2nnc(CCO)n2C)oc1C. The van der Waals surface area contributed by atoms with Crippen molar-refractivity contribution in [2.45, 2.75) is 24.3 Å². The van der Waals surface area contributed by atoms with Crippen LogP contribution < -0.4 is 0 Å². The maximum Gasteiger partial charge on any atom is 0.341 e. The highest BCUT2D eigenvalue weighted by atomic mass is 32.2. The van der Waals surface area contributed by atoms with Gasteiger partial charge in [-0.15, -0.1) is 10.2 Å². The van der Waals surface area contributed by atoms with E-state index in [9.17, 15) is 4.79 Å². The number of aliphatic hydroxyl groups excluding tert-OH is 1. The Morgan fingerprint density at radius 3 is 2.95 bits per heavy atom. The highest BCUT2D eigenvalue weighted by molar-refractivity contribution is 7.98. The highest BCUT2D eigenvalue weighted by Crippen LogP contribution is 2.24. The van der Waals surface area contributed by atoms with Crippen molar-refractivity contribution in [2.24, 2.45) is 7.05 Å². The van der Waals surface area contributed by atoms with E-state index >= 15 is 0 Å². The second-order valence-corrected chi connectivity index (χ2v) is 5.34. The molecule has 0 aliphatic heterocycles. The number of aryl methyl sites for hydroxylation is 1. The number of rotatable bonds is 6. The average molecular weight is 311 g/mol. The molecule has 0 amide bonds. The Morgan fingerprint density at radius 1 is 1.52 bits per heavy atom. The van der Waals surface area contributed by atoms with Gasteiger partial charge in [-0.05, 0) is 13.0 Å². The van der Waals surface area contributed by atoms with Crippen molar-refractivity contribution in [1.29, 1.82) is 0 Å². The molecule has 0 aromatic carbocycles. The second-order valence-electron chi connectivity index (χ2n) is 4.39. The Morgan fingerprint density at radius 2 is 2.29 bits per heavy atom. The van der Waals surface area contributed by atoms with Crippen LogP contribution >= 0.6 is 11.8 Å². The summed E-state index contributed by atoms with van der Waals surface area (Å²) in [5.41, 5.74) is 0.437. The summed E-state index contributed by atoms with van der Waals surface area (Å²) in [6, 6.07) is 1.68. The number of furan rings is 1. The van der Waals surface area contributed by atoms with Crippen LogP contribution in [0.2, 0.25) is 0 Å². The van der Waals surface area contributed by atoms with Crippen molar-refractivity contribution in [2.75, 3.05) is 13.7 Å². The number of carbonyl (C=O) groups excluding carboxylic acids is 1. The van der Waals surface area contributed by atoms with Crippen molar-refractivity contribution in [3.63, 3.8) is 0 Å². The number of hydrogen-bond donors (Lipinski definition) is 1. The van der Waals surface area contributed by atoms with Gasteiger partial charge in [0.05, 0.1) is 19.5 Å². The number of aromatic nitrogens is 3. The first-order chi connectivity index (χ1) is 10.1. The van der Waals surface area contributed by atoms with Gasteiger partial charge in [0, 0.05) is 13.5 Å². The maximum absolute atomic E-state index is 11.5. The lowest BCUT2D eigenvalue weighted by Gasteiger charge is -2.01. The number of thioether (sulfide) groups is 1. The van der Waals surface area contributed by atoms with Crippen LogP contribution in [0.5, 0.6) is 0 Å². The van der Waals surface area contributed by atoms with Crippen LogP contribution in [0.4, 0.5) is 0 Å². The molecule has 0 atom stereocenters. The standard InChI is InChI=1S/C13H17N3O4S/c1-8-10(12(18)19-3)6-9(20-8)7-21-13-15-14-11(4-5-17)16(13)2/h6,17H,4-5,7H2,1-3H3. The van der Waals surface area contributed by atoms with Crippen molar-refractivity contribution in [3.8, 4) is 0 Å². The van der Waals surface area contributed by atoms with Crippen LogP contribution in [0.3, 0.4) is 0 Å². The molecule has 2 aromatic heterocycles. The molecule has 114 valence electrons. The number of nitrogens with zero attached hydrogens (tertiary/aromatic N) is 3. The van der Waals surface area contributed by atoms with Gasteiger partial charge in [-0.1, -0.05) is 11.8 Å². The van der Waals surface area contributed by atoms with Crippen molar-refractivity contribution in [3.05, 3.63) is 29.0 Å². The molecule has 0 fully saturated rings. The lowest BCUT2D eigenvalue weighted by Crippen LogP contribution is -2.01. The Bertz CT molecular complexity index is 635. The van der Waals surface area contributed by atoms with E-state index in [1.54, 1.807) is 13.0 Å². The van der Waals surface area contributed by atoms with Gasteiger partial charge in [-0.2, -0.15) is 0 Å². The lowest BCUT2D eigenvalue weighted by atomic mass is 10.2. The van der Waals surface area contributed by atoms with Crippen LogP contribution in [-0.4, -0.2) is 39.6 Å². The molecule has 0 saturated heterocycles. The zero-order chi connectivity index (χ0) is 15.4. The van der Waals surface area contributed by atoms with Crippen molar-refractivity contribution < 1.29 is 19.1 Å². The van der Waals surface area contributed by atoms with Crippen LogP contribution in [0.15, 0.2) is 15.6 Å². The first-order valence-electron chi connectivity index (χ1n) is 6.36. The zero-order valence-electron chi connectivity index (χ0n) is 12.1. The number of esters is 1. The summed E-state index contributed by atoms with van der Waals surface area (Å²) in [4.78, 5) is 11.5. The van der Waals surface area contributed by atoms with Crippen molar-refractivity contribution >= 4 is 17.7 Å². The fourth-order valence-electron chi connectivity index (χ4n) is 1.85. The van der Waals surface area contributed by atoms with E-state index in [1.807, 2.05) is 11.6 Å². The average Bonchev–Trinajstić information content (AvgIpc) is 3.01. The molecular formula is C13H17N3O4S. The van der Waals surface area contributed by atoms with Gasteiger partial charge >= 0.3 is 5.97 Å². The van der Waals surface area contributed by atoms with Gasteiger partial charge in [0.1, 0.15) is 22.9 Å². The predicted molar refractivity (Wildman–Crippen MR) is 76.1 cm³/mol. The molecule has 1 N–H and O–H groups in total. The van der Waals surface area contributed by atoms with Gasteiger partial charge in [0.15, 0.2) is 5.16 Å². The van der Waals surface area contributed by atoms with Crippen LogP contribution in [0, 0.1) is 6.92 Å². The van der Waals surface area contributed by atoms with E-state index in [0.29, 0.717) is 29.3 Å². The first kappa shape index (κ1) is 15.6. The van der Waals surface area contributed by atoms with Crippen LogP contribution in [-0.2, 0) is 24.0 Å². The molecular weight excluding hydrogens is 294 g/mol. The van der Waals surface area contributed by atoms with Gasteiger partial charge in [-0.3, -0.25) is 0 Å². The Balaban J connectivity index is 2.05. The third-order valence-corrected chi connectivity index (χ3v) is 4.02. The van der Waals surface area contributed by atoms with Crippen molar-refractivity contribution in [1.82, 2.24) is 14.8 Å². The number of ether oxygens (including phenoxy) is 1. The molecule has 0 aliphatic rings. The van der Waals surface area contributed by atoms with E-state index in [-0.39, 0.29) is 6.61 Å². The summed E-state index contributed by atoms with van der Waals surface area (Å²) < 4.78 is 12.1. The Kier molecular flexibility index (Phi) is 5.03. The molecule has 0 unspecified atom stereocenters. The molecule has 7 nitrogen and oxygen atoms in total. The van der Waals surface area contributed by atoms with Crippen LogP contribution in [0.1, 0.15) is 27.7 Å². The molecule has 0 bridgehead atoms. The molecule has 0 saturated carbocycles. The van der Waals surface area contributed by atoms with E-state index in [0.717, 1.165) is 11.0 Å². The summed E-state index contributed by atoms with van der Waals surface area (Å²) in [5.74, 6) is 2.06. The topological polar surface area (TPSA) is 90.4 Å². The minimum atomic E-state index is -0.406. The summed E-state index contributed by atoms with van der Waals surface area (Å²) in [5, 5.41) is 17.7. The molecule has 2 aromatic rings. The molecule has 21 heavy (non-hydrogen) atoms. The summed E-state index contributed by atoms with van der Waals surface area (Å²) in [6.45, 7) is 1.76. The van der Waals surface area contributed by atoms with Gasteiger partial charge in [0.25, 0.3) is 0 Å². The Labute approximate surface area is 126 Å². The predicted octanol–water partition coefficient (Wildman–Crippen LogP) is 1.33. The first-order valence-corrected chi connectivity index (χ1v) is 7.35. The molecule has 2 rings (SSSR count). The molecule has 8 heteroatoms. The Hall–Kier alpha value is -1.80. The van der Waals surface area contributed by atoms with Gasteiger partial charge < -0.3 is 18.8 Å². The minimum absolute atomic E-state index is 0.0382. The minimum Gasteiger partial charge on any atom is -0.465 e. The highest BCUT2D eigenvalue weighted by Gasteiger charge is 2.16. The number of carbonyl (C=O) groups is 1. The largest absolute Gasteiger partial charge is 0.465 e. The number of hydrogen-bond acceptors (Lipinski definition) is 7. The summed E-state index contributed by atoms with van der Waals surface area (Å²) in [6.07, 6.45) is 0.469. The summed E-state index contributed by atoms with van der Waals surface area (Å²) in [7, 11) is 3.19. The normalized spacial score (nSPS) is 10.9. The number of aliphatic hydroxyl groups is 1. The monoisotopic (exact) mass is 311 g/mol. The van der Waals surface area contributed by atoms with Crippen LogP contribution in [0.25, 0.3) is 0 Å². The lowest BCUT2D eigenvalue weighted by molar-refractivity contribution is 0.0599. The quantitative estimate of drug-likeness (QED) is 0.635.